The first-order valence-corrected chi connectivity index (χ1v) is 8.59. The second-order valence-corrected chi connectivity index (χ2v) is 8.15. The molecule has 1 unspecified atom stereocenters. The van der Waals surface area contributed by atoms with Gasteiger partial charge in [-0.2, -0.15) is 0 Å². The van der Waals surface area contributed by atoms with Crippen molar-refractivity contribution in [2.45, 2.75) is 65.3 Å². The molecule has 3 heteroatoms. The van der Waals surface area contributed by atoms with Crippen molar-refractivity contribution in [3.05, 3.63) is 35.0 Å². The number of carboxylic acid groups (broad SMARTS) is 1. The van der Waals surface area contributed by atoms with Crippen LogP contribution in [0.4, 0.5) is 0 Å². The van der Waals surface area contributed by atoms with Crippen LogP contribution in [-0.2, 0) is 23.1 Å². The zero-order valence-corrected chi connectivity index (χ0v) is 14.8. The number of hydrogen-bond donors (Lipinski definition) is 1. The van der Waals surface area contributed by atoms with Gasteiger partial charge in [-0.25, -0.2) is 0 Å². The maximum Gasteiger partial charge on any atom is 0.306 e. The lowest BCUT2D eigenvalue weighted by molar-refractivity contribution is -0.142. The van der Waals surface area contributed by atoms with Gasteiger partial charge in [0.25, 0.3) is 0 Å². The number of carbonyl (C=O) groups is 1. The van der Waals surface area contributed by atoms with Crippen LogP contribution >= 0.6 is 0 Å². The molecule has 3 rings (SSSR count). The van der Waals surface area contributed by atoms with E-state index in [1.54, 1.807) is 0 Å². The molecular weight excluding hydrogens is 286 g/mol. The van der Waals surface area contributed by atoms with E-state index < -0.39 is 5.97 Å². The molecule has 0 saturated carbocycles. The number of benzene rings is 1. The van der Waals surface area contributed by atoms with Gasteiger partial charge in [-0.3, -0.25) is 4.79 Å². The van der Waals surface area contributed by atoms with Crippen molar-refractivity contribution in [2.75, 3.05) is 0 Å². The molecule has 1 aliphatic rings. The highest BCUT2D eigenvalue weighted by Gasteiger charge is 2.30. The Labute approximate surface area is 138 Å². The summed E-state index contributed by atoms with van der Waals surface area (Å²) >= 11 is 0. The van der Waals surface area contributed by atoms with Gasteiger partial charge in [0.1, 0.15) is 0 Å². The predicted octanol–water partition coefficient (Wildman–Crippen LogP) is 4.71. The summed E-state index contributed by atoms with van der Waals surface area (Å²) in [5.74, 6) is -0.903. The Morgan fingerprint density at radius 3 is 2.57 bits per heavy atom. The summed E-state index contributed by atoms with van der Waals surface area (Å²) in [6, 6.07) is 7.13. The lowest BCUT2D eigenvalue weighted by Gasteiger charge is -2.22. The Balaban J connectivity index is 2.24. The summed E-state index contributed by atoms with van der Waals surface area (Å²) in [5, 5.41) is 10.7. The molecule has 1 N–H and O–H groups in total. The van der Waals surface area contributed by atoms with Crippen LogP contribution in [0.3, 0.4) is 0 Å². The third-order valence-electron chi connectivity index (χ3n) is 5.13. The van der Waals surface area contributed by atoms with Crippen molar-refractivity contribution < 1.29 is 9.90 Å². The number of rotatable bonds is 2. The molecule has 0 bridgehead atoms. The molecular formula is C20H27NO2. The van der Waals surface area contributed by atoms with E-state index in [1.165, 1.54) is 27.7 Å². The highest BCUT2D eigenvalue weighted by Crippen LogP contribution is 2.38. The van der Waals surface area contributed by atoms with Crippen LogP contribution in [0.25, 0.3) is 10.9 Å². The molecule has 0 amide bonds. The first-order valence-electron chi connectivity index (χ1n) is 8.59. The minimum atomic E-state index is -0.659. The Morgan fingerprint density at radius 1 is 1.30 bits per heavy atom. The fourth-order valence-corrected chi connectivity index (χ4v) is 3.86. The summed E-state index contributed by atoms with van der Waals surface area (Å²) in [6.45, 7) is 11.1. The van der Waals surface area contributed by atoms with Gasteiger partial charge >= 0.3 is 5.97 Å². The third-order valence-corrected chi connectivity index (χ3v) is 5.13. The van der Waals surface area contributed by atoms with Crippen molar-refractivity contribution in [3.63, 3.8) is 0 Å². The van der Waals surface area contributed by atoms with Gasteiger partial charge in [0.05, 0.1) is 5.92 Å². The molecule has 0 fully saturated rings. The van der Waals surface area contributed by atoms with E-state index in [-0.39, 0.29) is 11.3 Å². The van der Waals surface area contributed by atoms with Gasteiger partial charge < -0.3 is 9.67 Å². The van der Waals surface area contributed by atoms with Gasteiger partial charge in [-0.1, -0.05) is 26.8 Å². The second-order valence-electron chi connectivity index (χ2n) is 8.15. The van der Waals surface area contributed by atoms with Crippen molar-refractivity contribution in [2.24, 2.45) is 5.92 Å². The molecule has 3 nitrogen and oxygen atoms in total. The molecule has 1 atom stereocenters. The zero-order valence-electron chi connectivity index (χ0n) is 14.8. The Morgan fingerprint density at radius 2 is 2.00 bits per heavy atom. The normalized spacial score (nSPS) is 18.4. The summed E-state index contributed by atoms with van der Waals surface area (Å²) < 4.78 is 2.41. The average Bonchev–Trinajstić information content (AvgIpc) is 2.79. The second kappa shape index (κ2) is 5.40. The van der Waals surface area contributed by atoms with Gasteiger partial charge in [-0.05, 0) is 61.8 Å². The molecule has 23 heavy (non-hydrogen) atoms. The van der Waals surface area contributed by atoms with E-state index in [1.807, 2.05) is 0 Å². The molecule has 1 heterocycles. The van der Waals surface area contributed by atoms with Crippen molar-refractivity contribution in [3.8, 4) is 0 Å². The Bertz CT molecular complexity index is 762. The SMILES string of the molecule is CC(C)n1c2c(c3cc(C(C)(C)C)ccc31)CC(C(=O)O)CC2. The Kier molecular flexibility index (Phi) is 3.78. The zero-order chi connectivity index (χ0) is 16.9. The largest absolute Gasteiger partial charge is 0.481 e. The van der Waals surface area contributed by atoms with Crippen molar-refractivity contribution in [1.82, 2.24) is 4.57 Å². The average molecular weight is 313 g/mol. The Hall–Kier alpha value is -1.77. The van der Waals surface area contributed by atoms with E-state index in [0.717, 1.165) is 12.8 Å². The van der Waals surface area contributed by atoms with Crippen LogP contribution in [0.15, 0.2) is 18.2 Å². The standard InChI is InChI=1S/C20H27NO2/c1-12(2)21-17-8-6-13(19(22)23)10-15(17)16-11-14(20(3,4)5)7-9-18(16)21/h7,9,11-13H,6,8,10H2,1-5H3,(H,22,23). The van der Waals surface area contributed by atoms with Crippen molar-refractivity contribution >= 4 is 16.9 Å². The van der Waals surface area contributed by atoms with E-state index in [4.69, 9.17) is 0 Å². The molecule has 1 aliphatic carbocycles. The topological polar surface area (TPSA) is 42.2 Å². The number of aliphatic carboxylic acids is 1. The molecule has 0 radical (unpaired) electrons. The highest BCUT2D eigenvalue weighted by atomic mass is 16.4. The van der Waals surface area contributed by atoms with Crippen LogP contribution in [0, 0.1) is 5.92 Å². The van der Waals surface area contributed by atoms with Gasteiger partial charge in [0.15, 0.2) is 0 Å². The minimum absolute atomic E-state index is 0.0991. The lowest BCUT2D eigenvalue weighted by atomic mass is 9.83. The molecule has 0 aliphatic heterocycles. The summed E-state index contributed by atoms with van der Waals surface area (Å²) in [4.78, 5) is 11.5. The summed E-state index contributed by atoms with van der Waals surface area (Å²) in [6.07, 6.45) is 2.27. The maximum atomic E-state index is 11.5. The van der Waals surface area contributed by atoms with E-state index in [9.17, 15) is 9.90 Å². The quantitative estimate of drug-likeness (QED) is 0.872. The summed E-state index contributed by atoms with van der Waals surface area (Å²) in [5.41, 5.74) is 5.27. The predicted molar refractivity (Wildman–Crippen MR) is 94.2 cm³/mol. The molecule has 124 valence electrons. The van der Waals surface area contributed by atoms with Crippen LogP contribution in [0.5, 0.6) is 0 Å². The van der Waals surface area contributed by atoms with Crippen LogP contribution in [0.1, 0.15) is 63.9 Å². The van der Waals surface area contributed by atoms with E-state index in [2.05, 4.69) is 57.4 Å². The van der Waals surface area contributed by atoms with Crippen LogP contribution < -0.4 is 0 Å². The first kappa shape index (κ1) is 16.1. The molecule has 0 saturated heterocycles. The fraction of sp³-hybridized carbons (Fsp3) is 0.550. The smallest absolute Gasteiger partial charge is 0.306 e. The highest BCUT2D eigenvalue weighted by molar-refractivity contribution is 5.88. The van der Waals surface area contributed by atoms with Gasteiger partial charge in [-0.15, -0.1) is 0 Å². The molecule has 1 aromatic carbocycles. The van der Waals surface area contributed by atoms with Crippen LogP contribution in [0.2, 0.25) is 0 Å². The first-order chi connectivity index (χ1) is 10.7. The number of hydrogen-bond acceptors (Lipinski definition) is 1. The summed E-state index contributed by atoms with van der Waals surface area (Å²) in [7, 11) is 0. The van der Waals surface area contributed by atoms with Gasteiger partial charge in [0.2, 0.25) is 0 Å². The van der Waals surface area contributed by atoms with Gasteiger partial charge in [0, 0.05) is 22.6 Å². The van der Waals surface area contributed by atoms with Crippen LogP contribution in [-0.4, -0.2) is 15.6 Å². The monoisotopic (exact) mass is 313 g/mol. The number of carboxylic acids is 1. The number of aromatic nitrogens is 1. The van der Waals surface area contributed by atoms with E-state index >= 15 is 0 Å². The number of fused-ring (bicyclic) bond motifs is 3. The lowest BCUT2D eigenvalue weighted by Crippen LogP contribution is -2.23. The maximum absolute atomic E-state index is 11.5. The molecule has 1 aromatic heterocycles. The van der Waals surface area contributed by atoms with Crippen molar-refractivity contribution in [1.29, 1.82) is 0 Å². The molecule has 2 aromatic rings. The third kappa shape index (κ3) is 2.66. The minimum Gasteiger partial charge on any atom is -0.481 e. The number of nitrogens with zero attached hydrogens (tertiary/aromatic N) is 1. The fourth-order valence-electron chi connectivity index (χ4n) is 3.86. The van der Waals surface area contributed by atoms with E-state index in [0.29, 0.717) is 12.5 Å². The molecule has 0 spiro atoms.